The summed E-state index contributed by atoms with van der Waals surface area (Å²) in [5, 5.41) is 9.99. The molecule has 1 aliphatic heterocycles. The third-order valence-electron chi connectivity index (χ3n) is 2.59. The number of ether oxygens (including phenoxy) is 2. The van der Waals surface area contributed by atoms with E-state index in [2.05, 4.69) is 4.98 Å². The summed E-state index contributed by atoms with van der Waals surface area (Å²) in [6.45, 7) is 1.05. The number of nitrogens with zero attached hydrogens (tertiary/aromatic N) is 2. The third-order valence-corrected chi connectivity index (χ3v) is 2.99. The highest BCUT2D eigenvalue weighted by Crippen LogP contribution is 2.37. The molecule has 0 radical (unpaired) electrons. The van der Waals surface area contributed by atoms with E-state index in [9.17, 15) is 0 Å². The third kappa shape index (κ3) is 1.56. The van der Waals surface area contributed by atoms with Gasteiger partial charge in [-0.3, -0.25) is 4.98 Å². The molecule has 1 aromatic heterocycles. The Morgan fingerprint density at radius 2 is 1.94 bits per heavy atom. The Labute approximate surface area is 102 Å². The summed E-state index contributed by atoms with van der Waals surface area (Å²) in [7, 11) is 0. The van der Waals surface area contributed by atoms with Gasteiger partial charge in [-0.25, -0.2) is 0 Å². The van der Waals surface area contributed by atoms with E-state index < -0.39 is 0 Å². The molecule has 0 unspecified atom stereocenters. The SMILES string of the molecule is N#Cc1cnc2cc3c(cc2c1Cl)OCCO3. The molecule has 0 saturated carbocycles. The van der Waals surface area contributed by atoms with E-state index in [0.29, 0.717) is 46.2 Å². The molecule has 3 rings (SSSR count). The lowest BCUT2D eigenvalue weighted by molar-refractivity contribution is 0.172. The second kappa shape index (κ2) is 3.79. The van der Waals surface area contributed by atoms with Gasteiger partial charge in [0.1, 0.15) is 19.3 Å². The van der Waals surface area contributed by atoms with Crippen LogP contribution in [0.2, 0.25) is 5.02 Å². The second-order valence-corrected chi connectivity index (χ2v) is 3.99. The van der Waals surface area contributed by atoms with Gasteiger partial charge >= 0.3 is 0 Å². The number of fused-ring (bicyclic) bond motifs is 2. The molecule has 1 aromatic carbocycles. The topological polar surface area (TPSA) is 55.1 Å². The Bertz CT molecular complexity index is 649. The highest BCUT2D eigenvalue weighted by atomic mass is 35.5. The molecule has 0 fully saturated rings. The first-order valence-electron chi connectivity index (χ1n) is 5.07. The van der Waals surface area contributed by atoms with Gasteiger partial charge in [-0.15, -0.1) is 0 Å². The predicted octanol–water partition coefficient (Wildman–Crippen LogP) is 2.53. The summed E-state index contributed by atoms with van der Waals surface area (Å²) in [5.41, 5.74) is 1.05. The Morgan fingerprint density at radius 3 is 2.65 bits per heavy atom. The zero-order valence-corrected chi connectivity index (χ0v) is 9.49. The zero-order chi connectivity index (χ0) is 11.8. The van der Waals surface area contributed by atoms with Crippen LogP contribution in [0.15, 0.2) is 18.3 Å². The summed E-state index contributed by atoms with van der Waals surface area (Å²) in [5.74, 6) is 1.31. The van der Waals surface area contributed by atoms with Crippen LogP contribution in [0.3, 0.4) is 0 Å². The van der Waals surface area contributed by atoms with Crippen molar-refractivity contribution in [3.8, 4) is 17.6 Å². The minimum absolute atomic E-state index is 0.357. The molecule has 0 amide bonds. The average molecular weight is 247 g/mol. The Hall–Kier alpha value is -1.99. The van der Waals surface area contributed by atoms with E-state index in [1.807, 2.05) is 6.07 Å². The molecule has 5 heteroatoms. The van der Waals surface area contributed by atoms with Crippen LogP contribution in [0.25, 0.3) is 10.9 Å². The molecule has 0 spiro atoms. The Morgan fingerprint density at radius 1 is 1.24 bits per heavy atom. The van der Waals surface area contributed by atoms with Crippen molar-refractivity contribution < 1.29 is 9.47 Å². The van der Waals surface area contributed by atoms with Crippen molar-refractivity contribution in [1.29, 1.82) is 5.26 Å². The number of pyridine rings is 1. The minimum Gasteiger partial charge on any atom is -0.486 e. The molecule has 0 atom stereocenters. The fraction of sp³-hybridized carbons (Fsp3) is 0.167. The van der Waals surface area contributed by atoms with Gasteiger partial charge in [0.2, 0.25) is 0 Å². The number of aromatic nitrogens is 1. The molecule has 2 aromatic rings. The molecular formula is C12H7ClN2O2. The first kappa shape index (κ1) is 10.2. The molecule has 2 heterocycles. The monoisotopic (exact) mass is 246 g/mol. The smallest absolute Gasteiger partial charge is 0.163 e. The van der Waals surface area contributed by atoms with Crippen molar-refractivity contribution in [2.75, 3.05) is 13.2 Å². The number of hydrogen-bond acceptors (Lipinski definition) is 4. The van der Waals surface area contributed by atoms with Crippen LogP contribution in [0, 0.1) is 11.3 Å². The fourth-order valence-electron chi connectivity index (χ4n) is 1.77. The van der Waals surface area contributed by atoms with Crippen molar-refractivity contribution in [3.63, 3.8) is 0 Å². The molecule has 84 valence electrons. The van der Waals surface area contributed by atoms with Crippen LogP contribution in [-0.4, -0.2) is 18.2 Å². The van der Waals surface area contributed by atoms with E-state index in [4.69, 9.17) is 26.3 Å². The van der Waals surface area contributed by atoms with Crippen molar-refractivity contribution in [2.45, 2.75) is 0 Å². The van der Waals surface area contributed by atoms with Gasteiger partial charge in [-0.2, -0.15) is 5.26 Å². The van der Waals surface area contributed by atoms with Crippen molar-refractivity contribution >= 4 is 22.5 Å². The van der Waals surface area contributed by atoms with Crippen molar-refractivity contribution in [1.82, 2.24) is 4.98 Å². The van der Waals surface area contributed by atoms with Gasteiger partial charge in [0.05, 0.1) is 16.1 Å². The number of benzene rings is 1. The minimum atomic E-state index is 0.357. The summed E-state index contributed by atoms with van der Waals surface area (Å²) < 4.78 is 10.9. The quantitative estimate of drug-likeness (QED) is 0.717. The van der Waals surface area contributed by atoms with Gasteiger partial charge in [0.15, 0.2) is 11.5 Å². The summed E-state index contributed by atoms with van der Waals surface area (Å²) >= 11 is 6.13. The first-order valence-corrected chi connectivity index (χ1v) is 5.45. The van der Waals surface area contributed by atoms with Crippen molar-refractivity contribution in [3.05, 3.63) is 28.9 Å². The molecule has 0 saturated heterocycles. The van der Waals surface area contributed by atoms with Crippen LogP contribution >= 0.6 is 11.6 Å². The number of hydrogen-bond donors (Lipinski definition) is 0. The van der Waals surface area contributed by atoms with Gasteiger partial charge in [0.25, 0.3) is 0 Å². The Balaban J connectivity index is 2.31. The predicted molar refractivity (Wildman–Crippen MR) is 62.5 cm³/mol. The summed E-state index contributed by atoms with van der Waals surface area (Å²) in [6.07, 6.45) is 1.46. The van der Waals surface area contributed by atoms with Gasteiger partial charge < -0.3 is 9.47 Å². The summed E-state index contributed by atoms with van der Waals surface area (Å²) in [4.78, 5) is 4.18. The van der Waals surface area contributed by atoms with E-state index in [1.54, 1.807) is 12.1 Å². The largest absolute Gasteiger partial charge is 0.486 e. The molecular weight excluding hydrogens is 240 g/mol. The molecule has 17 heavy (non-hydrogen) atoms. The fourth-order valence-corrected chi connectivity index (χ4v) is 2.02. The standard InChI is InChI=1S/C12H7ClN2O2/c13-12-7(5-14)6-15-9-4-11-10(3-8(9)12)16-1-2-17-11/h3-4,6H,1-2H2. The molecule has 0 bridgehead atoms. The van der Waals surface area contributed by atoms with Crippen LogP contribution in [0.5, 0.6) is 11.5 Å². The van der Waals surface area contributed by atoms with Crippen molar-refractivity contribution in [2.24, 2.45) is 0 Å². The van der Waals surface area contributed by atoms with Gasteiger partial charge in [-0.05, 0) is 6.07 Å². The lowest BCUT2D eigenvalue weighted by atomic mass is 10.1. The molecule has 0 aliphatic carbocycles. The van der Waals surface area contributed by atoms with E-state index in [1.165, 1.54) is 6.20 Å². The van der Waals surface area contributed by atoms with Crippen LogP contribution in [0.1, 0.15) is 5.56 Å². The summed E-state index contributed by atoms with van der Waals surface area (Å²) in [6, 6.07) is 5.54. The molecule has 0 N–H and O–H groups in total. The van der Waals surface area contributed by atoms with Crippen LogP contribution in [0.4, 0.5) is 0 Å². The van der Waals surface area contributed by atoms with E-state index in [-0.39, 0.29) is 0 Å². The normalized spacial score (nSPS) is 13.4. The first-order chi connectivity index (χ1) is 8.29. The maximum absolute atomic E-state index is 8.89. The van der Waals surface area contributed by atoms with E-state index >= 15 is 0 Å². The maximum Gasteiger partial charge on any atom is 0.163 e. The highest BCUT2D eigenvalue weighted by molar-refractivity contribution is 6.36. The maximum atomic E-state index is 8.89. The van der Waals surface area contributed by atoms with Crippen LogP contribution in [-0.2, 0) is 0 Å². The lowest BCUT2D eigenvalue weighted by Crippen LogP contribution is -2.15. The second-order valence-electron chi connectivity index (χ2n) is 3.61. The molecule has 4 nitrogen and oxygen atoms in total. The highest BCUT2D eigenvalue weighted by Gasteiger charge is 2.15. The Kier molecular flexibility index (Phi) is 2.27. The lowest BCUT2D eigenvalue weighted by Gasteiger charge is -2.18. The van der Waals surface area contributed by atoms with Gasteiger partial charge in [-0.1, -0.05) is 11.6 Å². The number of nitriles is 1. The number of rotatable bonds is 0. The molecule has 1 aliphatic rings. The van der Waals surface area contributed by atoms with Gasteiger partial charge in [0, 0.05) is 17.6 Å². The van der Waals surface area contributed by atoms with E-state index in [0.717, 1.165) is 0 Å². The zero-order valence-electron chi connectivity index (χ0n) is 8.74. The van der Waals surface area contributed by atoms with Crippen LogP contribution < -0.4 is 9.47 Å². The average Bonchev–Trinajstić information content (AvgIpc) is 2.37. The number of halogens is 1.